The first-order valence-electron chi connectivity index (χ1n) is 8.78. The highest BCUT2D eigenvalue weighted by atomic mass is 35.5. The van der Waals surface area contributed by atoms with Gasteiger partial charge in [0.05, 0.1) is 0 Å². The summed E-state index contributed by atoms with van der Waals surface area (Å²) in [5.74, 6) is 0.353. The SMILES string of the molecule is Cc1noc(C)c1S(=O)(=O)N1CCN(CCCc2cccc(Cl)c2)CC1. The number of halogens is 1. The lowest BCUT2D eigenvalue weighted by molar-refractivity contribution is 0.186. The molecule has 1 aliphatic rings. The molecule has 0 unspecified atom stereocenters. The Kier molecular flexibility index (Phi) is 6.02. The first-order chi connectivity index (χ1) is 12.4. The number of benzene rings is 1. The highest BCUT2D eigenvalue weighted by molar-refractivity contribution is 7.89. The van der Waals surface area contributed by atoms with Gasteiger partial charge in [-0.15, -0.1) is 0 Å². The van der Waals surface area contributed by atoms with Crippen molar-refractivity contribution >= 4 is 21.6 Å². The lowest BCUT2D eigenvalue weighted by atomic mass is 10.1. The molecule has 0 radical (unpaired) electrons. The van der Waals surface area contributed by atoms with Gasteiger partial charge in [-0.05, 0) is 50.9 Å². The van der Waals surface area contributed by atoms with E-state index < -0.39 is 10.0 Å². The molecule has 0 bridgehead atoms. The van der Waals surface area contributed by atoms with E-state index in [0.29, 0.717) is 24.5 Å². The van der Waals surface area contributed by atoms with Crippen LogP contribution in [0.4, 0.5) is 0 Å². The minimum Gasteiger partial charge on any atom is -0.360 e. The second-order valence-corrected chi connectivity index (χ2v) is 8.94. The highest BCUT2D eigenvalue weighted by Crippen LogP contribution is 2.24. The van der Waals surface area contributed by atoms with E-state index in [1.54, 1.807) is 13.8 Å². The number of piperazine rings is 1. The van der Waals surface area contributed by atoms with Crippen LogP contribution in [-0.4, -0.2) is 55.5 Å². The van der Waals surface area contributed by atoms with Gasteiger partial charge < -0.3 is 9.42 Å². The van der Waals surface area contributed by atoms with Crippen molar-refractivity contribution in [2.24, 2.45) is 0 Å². The Morgan fingerprint density at radius 1 is 1.19 bits per heavy atom. The van der Waals surface area contributed by atoms with Crippen molar-refractivity contribution in [2.45, 2.75) is 31.6 Å². The van der Waals surface area contributed by atoms with E-state index in [1.807, 2.05) is 18.2 Å². The molecule has 8 heteroatoms. The summed E-state index contributed by atoms with van der Waals surface area (Å²) < 4.78 is 32.2. The van der Waals surface area contributed by atoms with E-state index >= 15 is 0 Å². The van der Waals surface area contributed by atoms with Gasteiger partial charge in [0, 0.05) is 31.2 Å². The minimum atomic E-state index is -3.54. The summed E-state index contributed by atoms with van der Waals surface area (Å²) in [6.45, 7) is 6.70. The summed E-state index contributed by atoms with van der Waals surface area (Å²) in [5, 5.41) is 4.53. The number of nitrogens with zero attached hydrogens (tertiary/aromatic N) is 3. The average Bonchev–Trinajstić information content (AvgIpc) is 2.95. The van der Waals surface area contributed by atoms with Crippen molar-refractivity contribution < 1.29 is 12.9 Å². The zero-order valence-electron chi connectivity index (χ0n) is 15.1. The van der Waals surface area contributed by atoms with Crippen LogP contribution >= 0.6 is 11.6 Å². The quantitative estimate of drug-likeness (QED) is 0.749. The van der Waals surface area contributed by atoms with Crippen LogP contribution in [0.5, 0.6) is 0 Å². The minimum absolute atomic E-state index is 0.215. The van der Waals surface area contributed by atoms with Gasteiger partial charge in [0.15, 0.2) is 5.76 Å². The molecule has 1 aliphatic heterocycles. The third-order valence-corrected chi connectivity index (χ3v) is 7.10. The van der Waals surface area contributed by atoms with Crippen LogP contribution in [0.25, 0.3) is 0 Å². The molecular weight excluding hydrogens is 374 g/mol. The second kappa shape index (κ2) is 8.08. The van der Waals surface area contributed by atoms with E-state index in [0.717, 1.165) is 37.5 Å². The molecule has 1 fully saturated rings. The van der Waals surface area contributed by atoms with Crippen LogP contribution in [0.2, 0.25) is 5.02 Å². The Morgan fingerprint density at radius 3 is 2.54 bits per heavy atom. The molecule has 1 saturated heterocycles. The van der Waals surface area contributed by atoms with Crippen LogP contribution in [0.15, 0.2) is 33.7 Å². The average molecular weight is 398 g/mol. The normalized spacial score (nSPS) is 16.9. The topological polar surface area (TPSA) is 66.7 Å². The Bertz CT molecular complexity index is 839. The maximum absolute atomic E-state index is 12.8. The number of sulfonamides is 1. The molecule has 2 aromatic rings. The van der Waals surface area contributed by atoms with Crippen LogP contribution in [0.3, 0.4) is 0 Å². The van der Waals surface area contributed by atoms with Crippen molar-refractivity contribution in [3.05, 3.63) is 46.3 Å². The lowest BCUT2D eigenvalue weighted by Gasteiger charge is -2.33. The van der Waals surface area contributed by atoms with Gasteiger partial charge >= 0.3 is 0 Å². The summed E-state index contributed by atoms with van der Waals surface area (Å²) in [7, 11) is -3.54. The first-order valence-corrected chi connectivity index (χ1v) is 10.6. The van der Waals surface area contributed by atoms with Crippen molar-refractivity contribution in [1.29, 1.82) is 0 Å². The van der Waals surface area contributed by atoms with E-state index in [9.17, 15) is 8.42 Å². The third-order valence-electron chi connectivity index (χ3n) is 4.73. The molecule has 2 heterocycles. The van der Waals surface area contributed by atoms with E-state index in [-0.39, 0.29) is 4.90 Å². The molecule has 3 rings (SSSR count). The van der Waals surface area contributed by atoms with Crippen molar-refractivity contribution in [3.8, 4) is 0 Å². The summed E-state index contributed by atoms with van der Waals surface area (Å²) >= 11 is 6.01. The molecule has 0 aliphatic carbocycles. The Balaban J connectivity index is 1.51. The van der Waals surface area contributed by atoms with Gasteiger partial charge in [0.1, 0.15) is 10.6 Å². The van der Waals surface area contributed by atoms with Crippen molar-refractivity contribution in [1.82, 2.24) is 14.4 Å². The van der Waals surface area contributed by atoms with Gasteiger partial charge in [0.2, 0.25) is 10.0 Å². The molecule has 0 spiro atoms. The largest absolute Gasteiger partial charge is 0.360 e. The molecule has 142 valence electrons. The molecule has 26 heavy (non-hydrogen) atoms. The van der Waals surface area contributed by atoms with E-state index in [1.165, 1.54) is 9.87 Å². The molecule has 0 N–H and O–H groups in total. The molecule has 0 atom stereocenters. The summed E-state index contributed by atoms with van der Waals surface area (Å²) in [5.41, 5.74) is 1.66. The van der Waals surface area contributed by atoms with Gasteiger partial charge in [-0.25, -0.2) is 8.42 Å². The van der Waals surface area contributed by atoms with Crippen LogP contribution in [0.1, 0.15) is 23.4 Å². The molecular formula is C18H24ClN3O3S. The van der Waals surface area contributed by atoms with Gasteiger partial charge in [-0.1, -0.05) is 28.9 Å². The fraction of sp³-hybridized carbons (Fsp3) is 0.500. The highest BCUT2D eigenvalue weighted by Gasteiger charge is 2.33. The molecule has 1 aromatic heterocycles. The maximum Gasteiger partial charge on any atom is 0.248 e. The summed E-state index contributed by atoms with van der Waals surface area (Å²) in [6, 6.07) is 7.93. The number of aryl methyl sites for hydroxylation is 3. The van der Waals surface area contributed by atoms with Gasteiger partial charge in [0.25, 0.3) is 0 Å². The second-order valence-electron chi connectivity index (χ2n) is 6.63. The standard InChI is InChI=1S/C18H24ClN3O3S/c1-14-18(15(2)25-20-14)26(23,24)22-11-9-21(10-12-22)8-4-6-16-5-3-7-17(19)13-16/h3,5,7,13H,4,6,8-12H2,1-2H3. The van der Waals surface area contributed by atoms with E-state index in [2.05, 4.69) is 16.1 Å². The van der Waals surface area contributed by atoms with Gasteiger partial charge in [-0.3, -0.25) is 0 Å². The predicted molar refractivity (Wildman–Crippen MR) is 101 cm³/mol. The monoisotopic (exact) mass is 397 g/mol. The predicted octanol–water partition coefficient (Wildman–Crippen LogP) is 2.88. The van der Waals surface area contributed by atoms with E-state index in [4.69, 9.17) is 16.1 Å². The maximum atomic E-state index is 12.8. The zero-order valence-corrected chi connectivity index (χ0v) is 16.7. The summed E-state index contributed by atoms with van der Waals surface area (Å²) in [6.07, 6.45) is 2.00. The van der Waals surface area contributed by atoms with Crippen molar-refractivity contribution in [2.75, 3.05) is 32.7 Å². The van der Waals surface area contributed by atoms with Crippen LogP contribution < -0.4 is 0 Å². The molecule has 1 aromatic carbocycles. The lowest BCUT2D eigenvalue weighted by Crippen LogP contribution is -2.48. The number of hydrogen-bond acceptors (Lipinski definition) is 5. The Morgan fingerprint density at radius 2 is 1.92 bits per heavy atom. The fourth-order valence-corrected chi connectivity index (χ4v) is 5.29. The smallest absolute Gasteiger partial charge is 0.248 e. The first kappa shape index (κ1) is 19.4. The Labute approximate surface area is 159 Å². The zero-order chi connectivity index (χ0) is 18.7. The number of aromatic nitrogens is 1. The summed E-state index contributed by atoms with van der Waals surface area (Å²) in [4.78, 5) is 2.52. The molecule has 0 saturated carbocycles. The molecule has 6 nitrogen and oxygen atoms in total. The number of rotatable bonds is 6. The van der Waals surface area contributed by atoms with Crippen LogP contribution in [0, 0.1) is 13.8 Å². The third kappa shape index (κ3) is 4.28. The van der Waals surface area contributed by atoms with Crippen LogP contribution in [-0.2, 0) is 16.4 Å². The molecule has 0 amide bonds. The fourth-order valence-electron chi connectivity index (χ4n) is 3.36. The Hall–Kier alpha value is -1.41. The van der Waals surface area contributed by atoms with Crippen molar-refractivity contribution in [3.63, 3.8) is 0 Å². The van der Waals surface area contributed by atoms with Gasteiger partial charge in [-0.2, -0.15) is 4.31 Å². The number of hydrogen-bond donors (Lipinski definition) is 0.